The Kier molecular flexibility index (Phi) is 6.15. The molecule has 118 valence electrons. The minimum absolute atomic E-state index is 0.472. The molecule has 2 rings (SSSR count). The number of ether oxygens (including phenoxy) is 3. The normalized spacial score (nSPS) is 19.0. The molecule has 1 aromatic rings. The summed E-state index contributed by atoms with van der Waals surface area (Å²) in [4.78, 5) is 2.43. The van der Waals surface area contributed by atoms with E-state index in [0.717, 1.165) is 37.6 Å². The first-order valence-corrected chi connectivity index (χ1v) is 7.79. The summed E-state index contributed by atoms with van der Waals surface area (Å²) >= 11 is 6.18. The fourth-order valence-corrected chi connectivity index (χ4v) is 3.12. The van der Waals surface area contributed by atoms with Gasteiger partial charge in [-0.3, -0.25) is 4.90 Å². The lowest BCUT2D eigenvalue weighted by molar-refractivity contribution is 0.0820. The van der Waals surface area contributed by atoms with Gasteiger partial charge in [0.05, 0.1) is 20.8 Å². The summed E-state index contributed by atoms with van der Waals surface area (Å²) < 4.78 is 16.5. The molecule has 0 unspecified atom stereocenters. The van der Waals surface area contributed by atoms with Crippen molar-refractivity contribution in [3.63, 3.8) is 0 Å². The third-order valence-corrected chi connectivity index (χ3v) is 4.13. The molecule has 0 bridgehead atoms. The summed E-state index contributed by atoms with van der Waals surface area (Å²) in [6, 6.07) is 4.21. The second kappa shape index (κ2) is 7.87. The molecule has 1 aliphatic heterocycles. The van der Waals surface area contributed by atoms with E-state index >= 15 is 0 Å². The van der Waals surface area contributed by atoms with Crippen molar-refractivity contribution in [3.8, 4) is 11.5 Å². The average molecular weight is 314 g/mol. The minimum atomic E-state index is 0.472. The molecule has 0 saturated carbocycles. The van der Waals surface area contributed by atoms with Crippen molar-refractivity contribution in [3.05, 3.63) is 22.7 Å². The highest BCUT2D eigenvalue weighted by Crippen LogP contribution is 2.36. The third kappa shape index (κ3) is 4.02. The lowest BCUT2D eigenvalue weighted by Crippen LogP contribution is -2.32. The van der Waals surface area contributed by atoms with Gasteiger partial charge in [0.25, 0.3) is 0 Å². The lowest BCUT2D eigenvalue weighted by atomic mass is 10.1. The van der Waals surface area contributed by atoms with E-state index in [1.54, 1.807) is 20.3 Å². The monoisotopic (exact) mass is 313 g/mol. The molecule has 1 aromatic carbocycles. The van der Waals surface area contributed by atoms with Crippen LogP contribution in [0.25, 0.3) is 0 Å². The predicted molar refractivity (Wildman–Crippen MR) is 84.5 cm³/mol. The van der Waals surface area contributed by atoms with Gasteiger partial charge in [-0.05, 0) is 32.4 Å². The molecule has 0 radical (unpaired) electrons. The zero-order valence-corrected chi connectivity index (χ0v) is 13.8. The van der Waals surface area contributed by atoms with Gasteiger partial charge in [0, 0.05) is 35.8 Å². The van der Waals surface area contributed by atoms with E-state index in [1.807, 2.05) is 13.0 Å². The first-order valence-electron chi connectivity index (χ1n) is 7.41. The van der Waals surface area contributed by atoms with Crippen molar-refractivity contribution >= 4 is 11.6 Å². The van der Waals surface area contributed by atoms with Crippen LogP contribution in [-0.2, 0) is 11.3 Å². The molecular formula is C16H24ClNO3. The molecule has 0 aliphatic carbocycles. The van der Waals surface area contributed by atoms with Crippen LogP contribution in [0.4, 0.5) is 0 Å². The molecule has 1 fully saturated rings. The first-order chi connectivity index (χ1) is 10.2. The maximum Gasteiger partial charge on any atom is 0.165 e. The van der Waals surface area contributed by atoms with E-state index in [9.17, 15) is 0 Å². The number of methoxy groups -OCH3 is 2. The van der Waals surface area contributed by atoms with Gasteiger partial charge in [-0.1, -0.05) is 11.6 Å². The van der Waals surface area contributed by atoms with Crippen LogP contribution in [-0.4, -0.2) is 44.9 Å². The van der Waals surface area contributed by atoms with Crippen LogP contribution in [0.2, 0.25) is 5.02 Å². The van der Waals surface area contributed by atoms with Crippen LogP contribution in [0.1, 0.15) is 25.3 Å². The highest BCUT2D eigenvalue weighted by atomic mass is 35.5. The zero-order chi connectivity index (χ0) is 15.2. The molecule has 0 N–H and O–H groups in total. The largest absolute Gasteiger partial charge is 0.493 e. The van der Waals surface area contributed by atoms with E-state index in [1.165, 1.54) is 12.8 Å². The summed E-state index contributed by atoms with van der Waals surface area (Å²) in [7, 11) is 3.29. The van der Waals surface area contributed by atoms with E-state index in [4.69, 9.17) is 25.8 Å². The predicted octanol–water partition coefficient (Wildman–Crippen LogP) is 3.36. The number of halogens is 1. The molecule has 5 heteroatoms. The van der Waals surface area contributed by atoms with Gasteiger partial charge in [0.1, 0.15) is 0 Å². The Morgan fingerprint density at radius 2 is 2.10 bits per heavy atom. The van der Waals surface area contributed by atoms with Gasteiger partial charge in [0.15, 0.2) is 11.5 Å². The minimum Gasteiger partial charge on any atom is -0.493 e. The molecule has 0 spiro atoms. The van der Waals surface area contributed by atoms with Gasteiger partial charge in [-0.25, -0.2) is 0 Å². The zero-order valence-electron chi connectivity index (χ0n) is 13.0. The Bertz CT molecular complexity index is 467. The van der Waals surface area contributed by atoms with Crippen molar-refractivity contribution in [1.29, 1.82) is 0 Å². The summed E-state index contributed by atoms with van der Waals surface area (Å²) in [6.45, 7) is 5.47. The van der Waals surface area contributed by atoms with Crippen molar-refractivity contribution in [2.24, 2.45) is 0 Å². The number of hydrogen-bond donors (Lipinski definition) is 0. The summed E-state index contributed by atoms with van der Waals surface area (Å²) in [5.74, 6) is 1.45. The Morgan fingerprint density at radius 1 is 1.29 bits per heavy atom. The van der Waals surface area contributed by atoms with Crippen molar-refractivity contribution in [1.82, 2.24) is 4.90 Å². The van der Waals surface area contributed by atoms with Gasteiger partial charge in [0.2, 0.25) is 0 Å². The molecule has 4 nitrogen and oxygen atoms in total. The van der Waals surface area contributed by atoms with Crippen LogP contribution in [0.15, 0.2) is 12.1 Å². The van der Waals surface area contributed by atoms with Crippen molar-refractivity contribution < 1.29 is 14.2 Å². The van der Waals surface area contributed by atoms with Gasteiger partial charge < -0.3 is 14.2 Å². The van der Waals surface area contributed by atoms with Crippen LogP contribution in [0, 0.1) is 0 Å². The van der Waals surface area contributed by atoms with Crippen molar-refractivity contribution in [2.75, 3.05) is 34.0 Å². The second-order valence-electron chi connectivity index (χ2n) is 5.23. The topological polar surface area (TPSA) is 30.9 Å². The smallest absolute Gasteiger partial charge is 0.165 e. The Balaban J connectivity index is 2.16. The highest BCUT2D eigenvalue weighted by Gasteiger charge is 2.26. The van der Waals surface area contributed by atoms with E-state index < -0.39 is 0 Å². The standard InChI is InChI=1S/C16H24ClNO3/c1-4-21-11-14-6-5-7-18(14)10-12-8-13(17)9-15(19-2)16(12)20-3/h8-9,14H,4-7,10-11H2,1-3H3/t14-/m0/s1. The number of hydrogen-bond acceptors (Lipinski definition) is 4. The molecule has 1 saturated heterocycles. The second-order valence-corrected chi connectivity index (χ2v) is 5.66. The van der Waals surface area contributed by atoms with Crippen LogP contribution in [0.3, 0.4) is 0 Å². The van der Waals surface area contributed by atoms with Crippen LogP contribution in [0.5, 0.6) is 11.5 Å². The van der Waals surface area contributed by atoms with E-state index in [2.05, 4.69) is 4.90 Å². The molecule has 0 aromatic heterocycles. The molecule has 21 heavy (non-hydrogen) atoms. The summed E-state index contributed by atoms with van der Waals surface area (Å²) in [5, 5.41) is 0.670. The summed E-state index contributed by atoms with van der Waals surface area (Å²) in [5.41, 5.74) is 1.06. The SMILES string of the molecule is CCOC[C@@H]1CCCN1Cc1cc(Cl)cc(OC)c1OC. The van der Waals surface area contributed by atoms with Crippen molar-refractivity contribution in [2.45, 2.75) is 32.4 Å². The third-order valence-electron chi connectivity index (χ3n) is 3.91. The molecule has 1 atom stereocenters. The van der Waals surface area contributed by atoms with Gasteiger partial charge in [-0.15, -0.1) is 0 Å². The molecule has 1 heterocycles. The number of nitrogens with zero attached hydrogens (tertiary/aromatic N) is 1. The Hall–Kier alpha value is -0.970. The van der Waals surface area contributed by atoms with Gasteiger partial charge >= 0.3 is 0 Å². The van der Waals surface area contributed by atoms with Crippen LogP contribution < -0.4 is 9.47 Å². The van der Waals surface area contributed by atoms with Gasteiger partial charge in [-0.2, -0.15) is 0 Å². The molecule has 1 aliphatic rings. The maximum absolute atomic E-state index is 6.18. The summed E-state index contributed by atoms with van der Waals surface area (Å²) in [6.07, 6.45) is 2.39. The quantitative estimate of drug-likeness (QED) is 0.772. The fourth-order valence-electron chi connectivity index (χ4n) is 2.89. The number of rotatable bonds is 7. The first kappa shape index (κ1) is 16.4. The number of benzene rings is 1. The maximum atomic E-state index is 6.18. The Labute approximate surface area is 131 Å². The number of likely N-dealkylation sites (tertiary alicyclic amines) is 1. The molecular weight excluding hydrogens is 290 g/mol. The van der Waals surface area contributed by atoms with E-state index in [-0.39, 0.29) is 0 Å². The van der Waals surface area contributed by atoms with Crippen LogP contribution >= 0.6 is 11.6 Å². The molecule has 0 amide bonds. The highest BCUT2D eigenvalue weighted by molar-refractivity contribution is 6.30. The Morgan fingerprint density at radius 3 is 2.76 bits per heavy atom. The lowest BCUT2D eigenvalue weighted by Gasteiger charge is -2.25. The van der Waals surface area contributed by atoms with E-state index in [0.29, 0.717) is 16.8 Å². The average Bonchev–Trinajstić information content (AvgIpc) is 2.91. The fraction of sp³-hybridized carbons (Fsp3) is 0.625.